The van der Waals surface area contributed by atoms with Crippen LogP contribution in [0.25, 0.3) is 218 Å². The molecule has 0 fully saturated rings. The maximum Gasteiger partial charge on any atom is 0.123 e. The molecular formula is C104H62F2. The highest BCUT2D eigenvalue weighted by Gasteiger charge is 2.25. The van der Waals surface area contributed by atoms with Crippen LogP contribution in [0.15, 0.2) is 376 Å². The first-order valence-electron chi connectivity index (χ1n) is 36.4. The van der Waals surface area contributed by atoms with Gasteiger partial charge in [-0.3, -0.25) is 0 Å². The molecule has 0 aliphatic rings. The molecule has 0 aliphatic carbocycles. The zero-order valence-corrected chi connectivity index (χ0v) is 57.6. The van der Waals surface area contributed by atoms with Crippen LogP contribution in [-0.2, 0) is 0 Å². The van der Waals surface area contributed by atoms with Crippen LogP contribution in [0.5, 0.6) is 0 Å². The Bertz CT molecular complexity index is 7110. The summed E-state index contributed by atoms with van der Waals surface area (Å²) in [5.41, 5.74) is 18.5. The van der Waals surface area contributed by atoms with Crippen molar-refractivity contribution < 1.29 is 8.78 Å². The maximum absolute atomic E-state index is 14.4. The Hall–Kier alpha value is -13.7. The average molecular weight is 1350 g/mol. The van der Waals surface area contributed by atoms with Gasteiger partial charge in [-0.2, -0.15) is 0 Å². The molecule has 0 saturated carbocycles. The van der Waals surface area contributed by atoms with Crippen molar-refractivity contribution in [1.29, 1.82) is 0 Å². The predicted octanol–water partition coefficient (Wildman–Crippen LogP) is 29.7. The number of hydrogen-bond acceptors (Lipinski definition) is 0. The second kappa shape index (κ2) is 24.5. The van der Waals surface area contributed by atoms with E-state index in [1.807, 2.05) is 24.3 Å². The lowest BCUT2D eigenvalue weighted by Crippen LogP contribution is -1.95. The maximum atomic E-state index is 14.4. The van der Waals surface area contributed by atoms with E-state index in [-0.39, 0.29) is 11.6 Å². The van der Waals surface area contributed by atoms with Gasteiger partial charge in [0.1, 0.15) is 11.6 Å². The quantitative estimate of drug-likeness (QED) is 0.133. The van der Waals surface area contributed by atoms with Crippen LogP contribution in [0.4, 0.5) is 8.78 Å². The predicted molar refractivity (Wildman–Crippen MR) is 449 cm³/mol. The van der Waals surface area contributed by atoms with Gasteiger partial charge in [-0.1, -0.05) is 309 Å². The fourth-order valence-electron chi connectivity index (χ4n) is 17.6. The molecule has 106 heavy (non-hydrogen) atoms. The molecule has 0 saturated heterocycles. The normalized spacial score (nSPS) is 11.9. The summed E-state index contributed by atoms with van der Waals surface area (Å²) in [6, 6.07) is 134. The molecule has 0 atom stereocenters. The number of hydrogen-bond donors (Lipinski definition) is 0. The summed E-state index contributed by atoms with van der Waals surface area (Å²) in [7, 11) is 0. The van der Waals surface area contributed by atoms with Gasteiger partial charge in [0.05, 0.1) is 0 Å². The summed E-state index contributed by atoms with van der Waals surface area (Å²) in [6.45, 7) is 0. The third-order valence-electron chi connectivity index (χ3n) is 22.5. The second-order valence-corrected chi connectivity index (χ2v) is 28.3. The lowest BCUT2D eigenvalue weighted by molar-refractivity contribution is 0.627. The van der Waals surface area contributed by atoms with Crippen LogP contribution in [0.1, 0.15) is 0 Å². The molecule has 0 heterocycles. The van der Waals surface area contributed by atoms with Crippen molar-refractivity contribution in [2.45, 2.75) is 0 Å². The van der Waals surface area contributed by atoms with Gasteiger partial charge in [0, 0.05) is 0 Å². The molecule has 22 rings (SSSR count). The fourth-order valence-corrected chi connectivity index (χ4v) is 17.6. The first-order valence-corrected chi connectivity index (χ1v) is 36.4. The van der Waals surface area contributed by atoms with Crippen molar-refractivity contribution in [2.24, 2.45) is 0 Å². The smallest absolute Gasteiger partial charge is 0.123 e. The molecule has 492 valence electrons. The van der Waals surface area contributed by atoms with E-state index in [1.54, 1.807) is 24.3 Å². The van der Waals surface area contributed by atoms with Crippen LogP contribution >= 0.6 is 0 Å². The van der Waals surface area contributed by atoms with E-state index >= 15 is 0 Å². The van der Waals surface area contributed by atoms with Crippen molar-refractivity contribution in [1.82, 2.24) is 0 Å². The minimum atomic E-state index is -0.236. The van der Waals surface area contributed by atoms with Crippen molar-refractivity contribution in [3.05, 3.63) is 388 Å². The number of halogens is 2. The summed E-state index contributed by atoms with van der Waals surface area (Å²) in [5, 5.41) is 29.2. The molecule has 0 amide bonds. The van der Waals surface area contributed by atoms with Crippen LogP contribution in [0, 0.1) is 11.6 Å². The summed E-state index contributed by atoms with van der Waals surface area (Å²) in [4.78, 5) is 0. The Balaban J connectivity index is 0.000000136. The van der Waals surface area contributed by atoms with Gasteiger partial charge in [0.15, 0.2) is 0 Å². The van der Waals surface area contributed by atoms with E-state index in [2.05, 4.69) is 328 Å². The van der Waals surface area contributed by atoms with Crippen molar-refractivity contribution >= 4 is 129 Å². The van der Waals surface area contributed by atoms with Gasteiger partial charge in [-0.15, -0.1) is 0 Å². The van der Waals surface area contributed by atoms with E-state index < -0.39 is 0 Å². The van der Waals surface area contributed by atoms with Gasteiger partial charge in [-0.05, 0) is 285 Å². The fraction of sp³-hybridized carbons (Fsp3) is 0. The highest BCUT2D eigenvalue weighted by atomic mass is 19.1. The summed E-state index contributed by atoms with van der Waals surface area (Å²) in [6.07, 6.45) is 0. The third-order valence-corrected chi connectivity index (χ3v) is 22.5. The first-order chi connectivity index (χ1) is 52.4. The summed E-state index contributed by atoms with van der Waals surface area (Å²) < 4.78 is 28.7. The Morgan fingerprint density at radius 1 is 0.123 bits per heavy atom. The van der Waals surface area contributed by atoms with Crippen LogP contribution < -0.4 is 0 Å². The number of benzene rings is 22. The van der Waals surface area contributed by atoms with Gasteiger partial charge in [-0.25, -0.2) is 8.78 Å². The van der Waals surface area contributed by atoms with E-state index in [0.717, 1.165) is 38.6 Å². The molecule has 0 N–H and O–H groups in total. The van der Waals surface area contributed by atoms with Gasteiger partial charge >= 0.3 is 0 Å². The first kappa shape index (κ1) is 61.0. The van der Waals surface area contributed by atoms with Crippen LogP contribution in [0.2, 0.25) is 0 Å². The lowest BCUT2D eigenvalue weighted by atomic mass is 9.80. The highest BCUT2D eigenvalue weighted by molar-refractivity contribution is 6.35. The Kier molecular flexibility index (Phi) is 14.1. The van der Waals surface area contributed by atoms with E-state index in [9.17, 15) is 8.78 Å². The Labute approximate surface area is 610 Å². The van der Waals surface area contributed by atoms with E-state index in [1.165, 1.54) is 180 Å². The molecule has 0 spiro atoms. The van der Waals surface area contributed by atoms with Gasteiger partial charge in [0.25, 0.3) is 0 Å². The summed E-state index contributed by atoms with van der Waals surface area (Å²) >= 11 is 0. The zero-order chi connectivity index (χ0) is 70.1. The highest BCUT2D eigenvalue weighted by Crippen LogP contribution is 2.53. The largest absolute Gasteiger partial charge is 0.207 e. The zero-order valence-electron chi connectivity index (χ0n) is 57.6. The third kappa shape index (κ3) is 9.94. The minimum Gasteiger partial charge on any atom is -0.207 e. The second-order valence-electron chi connectivity index (χ2n) is 28.3. The van der Waals surface area contributed by atoms with E-state index in [4.69, 9.17) is 0 Å². The molecule has 0 unspecified atom stereocenters. The van der Waals surface area contributed by atoms with Crippen molar-refractivity contribution in [2.75, 3.05) is 0 Å². The van der Waals surface area contributed by atoms with E-state index in [0.29, 0.717) is 0 Å². The van der Waals surface area contributed by atoms with Crippen molar-refractivity contribution in [3.63, 3.8) is 0 Å². The standard InChI is InChI=1S/2C52H31F/c53-36-24-22-35(23-25-36)47-30-48(40-19-7-13-32-10-1-4-16-37(32)40)44-28-29-46-50(42-21-9-15-34-12-3-6-18-39(34)42)31-49(45-27-26-43(47)51(44)52(45)46)41-20-8-14-33-11-2-5-17-38(33)41;53-42-21-19-35(20-22-42)47-30-48(39-16-13-32-7-1-4-10-36(32)27-39)44-25-26-46-50(41-18-15-34-9-3-6-12-38(34)29-41)31-49(45-24-23-43(47)51(44)52(45)46)40-17-14-33-8-2-5-11-37(33)28-40/h2*1-31H. The molecule has 0 aromatic heterocycles. The Morgan fingerprint density at radius 3 is 0.642 bits per heavy atom. The number of rotatable bonds is 8. The van der Waals surface area contributed by atoms with Gasteiger partial charge < -0.3 is 0 Å². The molecule has 0 radical (unpaired) electrons. The number of fused-ring (bicyclic) bond motifs is 6. The molecule has 2 heteroatoms. The SMILES string of the molecule is Fc1ccc(-c2cc(-c3ccc4ccccc4c3)c3ccc4c(-c5ccc6ccccc6c5)cc(-c5ccc6ccccc6c5)c5ccc2c3c54)cc1.Fc1ccc(-c2cc(-c3cccc4ccccc34)c3ccc4c(-c5cccc6ccccc56)cc(-c5cccc6ccccc56)c5ccc2c3c54)cc1. The average Bonchev–Trinajstić information content (AvgIpc) is 0.708. The molecule has 0 nitrogen and oxygen atoms in total. The molecule has 0 aliphatic heterocycles. The monoisotopic (exact) mass is 1350 g/mol. The molecular weight excluding hydrogens is 1290 g/mol. The topological polar surface area (TPSA) is 0 Å². The van der Waals surface area contributed by atoms with Crippen molar-refractivity contribution in [3.8, 4) is 89.0 Å². The van der Waals surface area contributed by atoms with Gasteiger partial charge in [0.2, 0.25) is 0 Å². The molecule has 22 aromatic carbocycles. The molecule has 22 aromatic rings. The summed E-state index contributed by atoms with van der Waals surface area (Å²) in [5.74, 6) is -0.471. The van der Waals surface area contributed by atoms with Crippen LogP contribution in [0.3, 0.4) is 0 Å². The minimum absolute atomic E-state index is 0.235. The lowest BCUT2D eigenvalue weighted by Gasteiger charge is -2.22. The van der Waals surface area contributed by atoms with Crippen LogP contribution in [-0.4, -0.2) is 0 Å². The molecule has 0 bridgehead atoms. The Morgan fingerprint density at radius 2 is 0.340 bits per heavy atom.